The molecule has 0 atom stereocenters. The van der Waals surface area contributed by atoms with Crippen LogP contribution in [0, 0.1) is 0 Å². The van der Waals surface area contributed by atoms with Crippen LogP contribution in [-0.4, -0.2) is 50.1 Å². The first-order valence-electron chi connectivity index (χ1n) is 8.04. The molecule has 1 fully saturated rings. The largest absolute Gasteiger partial charge is 0.368 e. The molecule has 1 N–H and O–H groups in total. The number of carbonyl (C=O) groups is 1. The molecule has 1 aromatic carbocycles. The van der Waals surface area contributed by atoms with Crippen LogP contribution in [0.1, 0.15) is 0 Å². The molecule has 1 aromatic rings. The van der Waals surface area contributed by atoms with Crippen LogP contribution in [0.2, 0.25) is 19.6 Å². The van der Waals surface area contributed by atoms with E-state index in [0.29, 0.717) is 13.1 Å². The molecule has 1 heterocycles. The number of urea groups is 1. The highest BCUT2D eigenvalue weighted by Crippen LogP contribution is 2.12. The van der Waals surface area contributed by atoms with E-state index in [4.69, 9.17) is 0 Å². The van der Waals surface area contributed by atoms with Gasteiger partial charge in [0.2, 0.25) is 0 Å². The number of nitrogens with zero attached hydrogens (tertiary/aromatic N) is 2. The maximum absolute atomic E-state index is 12.4. The van der Waals surface area contributed by atoms with Gasteiger partial charge in [-0.05, 0) is 18.2 Å². The molecule has 0 radical (unpaired) electrons. The second kappa shape index (κ2) is 7.04. The third-order valence-electron chi connectivity index (χ3n) is 4.21. The Kier molecular flexibility index (Phi) is 5.31. The smallest absolute Gasteiger partial charge is 0.321 e. The van der Waals surface area contributed by atoms with Crippen molar-refractivity contribution < 1.29 is 4.79 Å². The van der Waals surface area contributed by atoms with E-state index in [1.807, 2.05) is 17.0 Å². The van der Waals surface area contributed by atoms with Gasteiger partial charge in [0.25, 0.3) is 0 Å². The third-order valence-corrected chi connectivity index (χ3v) is 6.28. The number of anilines is 1. The van der Waals surface area contributed by atoms with E-state index in [-0.39, 0.29) is 6.03 Å². The van der Waals surface area contributed by atoms with Gasteiger partial charge in [0.05, 0.1) is 8.07 Å². The quantitative estimate of drug-likeness (QED) is 0.681. The van der Waals surface area contributed by atoms with Gasteiger partial charge < -0.3 is 15.1 Å². The normalized spacial score (nSPS) is 15.3. The van der Waals surface area contributed by atoms with E-state index in [9.17, 15) is 4.79 Å². The van der Waals surface area contributed by atoms with Crippen molar-refractivity contribution in [2.75, 3.05) is 31.5 Å². The molecular weight excluding hydrogens is 302 g/mol. The molecule has 1 aliphatic rings. The number of hydrogen-bond donors (Lipinski definition) is 1. The first-order chi connectivity index (χ1) is 10.8. The molecule has 4 nitrogen and oxygen atoms in total. The van der Waals surface area contributed by atoms with Crippen molar-refractivity contribution in [3.8, 4) is 0 Å². The van der Waals surface area contributed by atoms with E-state index in [2.05, 4.69) is 55.1 Å². The van der Waals surface area contributed by atoms with E-state index >= 15 is 0 Å². The van der Waals surface area contributed by atoms with Crippen molar-refractivity contribution in [2.24, 2.45) is 0 Å². The Morgan fingerprint density at radius 1 is 1.09 bits per heavy atom. The van der Waals surface area contributed by atoms with Crippen molar-refractivity contribution in [3.63, 3.8) is 0 Å². The molecular formula is C18H27N3OSi. The molecule has 0 aliphatic carbocycles. The van der Waals surface area contributed by atoms with Gasteiger partial charge in [-0.1, -0.05) is 50.1 Å². The molecule has 0 bridgehead atoms. The Morgan fingerprint density at radius 2 is 1.61 bits per heavy atom. The molecule has 2 rings (SSSR count). The number of hydrogen-bond acceptors (Lipinski definition) is 2. The molecule has 1 aliphatic heterocycles. The molecule has 0 unspecified atom stereocenters. The predicted octanol–water partition coefficient (Wildman–Crippen LogP) is 3.08. The summed E-state index contributed by atoms with van der Waals surface area (Å²) in [5.74, 6) is 0. The molecule has 2 amide bonds. The van der Waals surface area contributed by atoms with E-state index in [1.54, 1.807) is 6.08 Å². The Morgan fingerprint density at radius 3 is 2.09 bits per heavy atom. The predicted molar refractivity (Wildman–Crippen MR) is 101 cm³/mol. The molecule has 5 heteroatoms. The monoisotopic (exact) mass is 329 g/mol. The molecule has 0 spiro atoms. The molecule has 0 aromatic heterocycles. The van der Waals surface area contributed by atoms with Crippen LogP contribution >= 0.6 is 0 Å². The minimum atomic E-state index is -1.30. The lowest BCUT2D eigenvalue weighted by Gasteiger charge is -2.36. The first-order valence-corrected chi connectivity index (χ1v) is 11.5. The van der Waals surface area contributed by atoms with Gasteiger partial charge in [-0.25, -0.2) is 4.79 Å². The zero-order valence-electron chi connectivity index (χ0n) is 14.4. The van der Waals surface area contributed by atoms with Gasteiger partial charge in [-0.2, -0.15) is 0 Å². The summed E-state index contributed by atoms with van der Waals surface area (Å²) in [6.07, 6.45) is 1.76. The van der Waals surface area contributed by atoms with Crippen LogP contribution in [0.5, 0.6) is 0 Å². The maximum atomic E-state index is 12.4. The van der Waals surface area contributed by atoms with Crippen molar-refractivity contribution in [1.29, 1.82) is 0 Å². The SMILES string of the molecule is C=CC(=C)N1CCN(C(=O)Nc2ccc([Si](C)(C)C)cc2)CC1. The maximum Gasteiger partial charge on any atom is 0.321 e. The summed E-state index contributed by atoms with van der Waals surface area (Å²) in [4.78, 5) is 16.4. The highest BCUT2D eigenvalue weighted by molar-refractivity contribution is 6.88. The lowest BCUT2D eigenvalue weighted by atomic mass is 10.3. The summed E-state index contributed by atoms with van der Waals surface area (Å²) in [6, 6.07) is 8.24. The molecule has 124 valence electrons. The van der Waals surface area contributed by atoms with Crippen LogP contribution in [0.25, 0.3) is 0 Å². The second-order valence-electron chi connectivity index (χ2n) is 6.93. The molecule has 23 heavy (non-hydrogen) atoms. The van der Waals surface area contributed by atoms with Gasteiger partial charge in [0.15, 0.2) is 0 Å². The van der Waals surface area contributed by atoms with Crippen LogP contribution in [0.3, 0.4) is 0 Å². The Bertz CT molecular complexity index is 581. The third kappa shape index (κ3) is 4.48. The van der Waals surface area contributed by atoms with Crippen LogP contribution in [0.15, 0.2) is 49.2 Å². The fourth-order valence-electron chi connectivity index (χ4n) is 2.58. The summed E-state index contributed by atoms with van der Waals surface area (Å²) < 4.78 is 0. The van der Waals surface area contributed by atoms with Gasteiger partial charge in [0, 0.05) is 37.6 Å². The fraction of sp³-hybridized carbons (Fsp3) is 0.389. The lowest BCUT2D eigenvalue weighted by molar-refractivity contribution is 0.170. The highest BCUT2D eigenvalue weighted by atomic mass is 28.3. The number of nitrogens with one attached hydrogen (secondary N) is 1. The molecule has 0 saturated carbocycles. The average molecular weight is 330 g/mol. The van der Waals surface area contributed by atoms with Crippen molar-refractivity contribution in [1.82, 2.24) is 9.80 Å². The summed E-state index contributed by atoms with van der Waals surface area (Å²) in [7, 11) is -1.30. The van der Waals surface area contributed by atoms with Gasteiger partial charge in [-0.15, -0.1) is 0 Å². The Labute approximate surface area is 140 Å². The standard InChI is InChI=1S/C18H27N3OSi/c1-6-15(2)20-11-13-21(14-12-20)18(22)19-16-7-9-17(10-8-16)23(3,4)5/h6-10H,1-2,11-14H2,3-5H3,(H,19,22). The van der Waals surface area contributed by atoms with E-state index in [1.165, 1.54) is 5.19 Å². The minimum Gasteiger partial charge on any atom is -0.368 e. The fourth-order valence-corrected chi connectivity index (χ4v) is 3.75. The molecule has 1 saturated heterocycles. The van der Waals surface area contributed by atoms with Gasteiger partial charge in [-0.3, -0.25) is 0 Å². The Hall–Kier alpha value is -2.01. The zero-order chi connectivity index (χ0) is 17.0. The minimum absolute atomic E-state index is 0.0328. The summed E-state index contributed by atoms with van der Waals surface area (Å²) >= 11 is 0. The van der Waals surface area contributed by atoms with E-state index in [0.717, 1.165) is 24.5 Å². The second-order valence-corrected chi connectivity index (χ2v) is 12.0. The van der Waals surface area contributed by atoms with Gasteiger partial charge >= 0.3 is 6.03 Å². The Balaban J connectivity index is 1.90. The van der Waals surface area contributed by atoms with Crippen LogP contribution < -0.4 is 10.5 Å². The summed E-state index contributed by atoms with van der Waals surface area (Å²) in [6.45, 7) is 17.6. The van der Waals surface area contributed by atoms with Crippen LogP contribution in [0.4, 0.5) is 10.5 Å². The number of allylic oxidation sites excluding steroid dienone is 1. The van der Waals surface area contributed by atoms with E-state index < -0.39 is 8.07 Å². The van der Waals surface area contributed by atoms with Crippen LogP contribution in [-0.2, 0) is 0 Å². The zero-order valence-corrected chi connectivity index (χ0v) is 15.4. The number of rotatable bonds is 4. The topological polar surface area (TPSA) is 35.6 Å². The summed E-state index contributed by atoms with van der Waals surface area (Å²) in [5, 5.41) is 4.39. The number of amides is 2. The average Bonchev–Trinajstić information content (AvgIpc) is 2.54. The van der Waals surface area contributed by atoms with Crippen molar-refractivity contribution in [2.45, 2.75) is 19.6 Å². The lowest BCUT2D eigenvalue weighted by Crippen LogP contribution is -2.49. The number of piperazine rings is 1. The number of benzene rings is 1. The number of carbonyl (C=O) groups excluding carboxylic acids is 1. The summed E-state index contributed by atoms with van der Waals surface area (Å²) in [5.41, 5.74) is 1.78. The van der Waals surface area contributed by atoms with Gasteiger partial charge in [0.1, 0.15) is 0 Å². The van der Waals surface area contributed by atoms with Crippen molar-refractivity contribution >= 4 is 25.0 Å². The first kappa shape index (κ1) is 17.3. The van der Waals surface area contributed by atoms with Crippen molar-refractivity contribution in [3.05, 3.63) is 49.2 Å². The highest BCUT2D eigenvalue weighted by Gasteiger charge is 2.21.